The molecule has 0 aromatic carbocycles. The Balaban J connectivity index is 2.66. The molecule has 58 valence electrons. The largest absolute Gasteiger partial charge is 0.201 e. The van der Waals surface area contributed by atoms with Gasteiger partial charge in [-0.05, 0) is 6.08 Å². The summed E-state index contributed by atoms with van der Waals surface area (Å²) < 4.78 is 1.98. The van der Waals surface area contributed by atoms with Gasteiger partial charge in [0.1, 0.15) is 0 Å². The molecule has 0 radical (unpaired) electrons. The predicted octanol–water partition coefficient (Wildman–Crippen LogP) is 2.38. The molecule has 0 fully saturated rings. The summed E-state index contributed by atoms with van der Waals surface area (Å²) in [5.41, 5.74) is 1.50. The van der Waals surface area contributed by atoms with Crippen LogP contribution in [0.3, 0.4) is 0 Å². The lowest BCUT2D eigenvalue weighted by molar-refractivity contribution is -0.687. The zero-order valence-electron chi connectivity index (χ0n) is 5.87. The van der Waals surface area contributed by atoms with E-state index in [-0.39, 0.29) is 0 Å². The molecule has 1 nitrogen and oxygen atoms in total. The van der Waals surface area contributed by atoms with Crippen molar-refractivity contribution in [3.8, 4) is 0 Å². The third-order valence-electron chi connectivity index (χ3n) is 1.26. The van der Waals surface area contributed by atoms with Crippen LogP contribution in [0.4, 0.5) is 0 Å². The van der Waals surface area contributed by atoms with Crippen molar-refractivity contribution in [2.75, 3.05) is 0 Å². The number of halogens is 2. The number of aromatic nitrogens is 1. The molecule has 0 aliphatic carbocycles. The van der Waals surface area contributed by atoms with E-state index >= 15 is 0 Å². The molecule has 0 N–H and O–H groups in total. The van der Waals surface area contributed by atoms with E-state index in [4.69, 9.17) is 23.2 Å². The van der Waals surface area contributed by atoms with Gasteiger partial charge < -0.3 is 0 Å². The van der Waals surface area contributed by atoms with Crippen molar-refractivity contribution in [2.24, 2.45) is 0 Å². The van der Waals surface area contributed by atoms with E-state index in [2.05, 4.69) is 0 Å². The van der Waals surface area contributed by atoms with E-state index in [0.29, 0.717) is 0 Å². The number of rotatable bonds is 2. The lowest BCUT2D eigenvalue weighted by Gasteiger charge is -1.89. The Hall–Kier alpha value is -0.530. The summed E-state index contributed by atoms with van der Waals surface area (Å²) in [7, 11) is 0. The van der Waals surface area contributed by atoms with E-state index in [0.717, 1.165) is 11.6 Å². The Labute approximate surface area is 75.9 Å². The smallest absolute Gasteiger partial charge is 0.170 e. The first-order chi connectivity index (χ1) is 5.33. The normalized spacial score (nSPS) is 10.7. The molecule has 1 heterocycles. The second kappa shape index (κ2) is 4.37. The molecule has 0 bridgehead atoms. The summed E-state index contributed by atoms with van der Waals surface area (Å²) in [6, 6.07) is 3.67. The molecule has 0 spiro atoms. The van der Waals surface area contributed by atoms with Gasteiger partial charge in [-0.2, -0.15) is 0 Å². The van der Waals surface area contributed by atoms with Crippen LogP contribution in [0.2, 0.25) is 5.02 Å². The van der Waals surface area contributed by atoms with Gasteiger partial charge >= 0.3 is 0 Å². The maximum Gasteiger partial charge on any atom is 0.170 e. The van der Waals surface area contributed by atoms with E-state index in [1.165, 1.54) is 5.54 Å². The second-order valence-electron chi connectivity index (χ2n) is 2.07. The van der Waals surface area contributed by atoms with Gasteiger partial charge in [-0.3, -0.25) is 0 Å². The highest BCUT2D eigenvalue weighted by molar-refractivity contribution is 6.30. The number of nitrogens with zero attached hydrogens (tertiary/aromatic N) is 1. The second-order valence-corrected chi connectivity index (χ2v) is 2.76. The summed E-state index contributed by atoms with van der Waals surface area (Å²) in [4.78, 5) is 0. The molecule has 3 heteroatoms. The zero-order chi connectivity index (χ0) is 8.10. The van der Waals surface area contributed by atoms with Crippen LogP contribution in [-0.4, -0.2) is 0 Å². The highest BCUT2D eigenvalue weighted by Crippen LogP contribution is 2.01. The van der Waals surface area contributed by atoms with Gasteiger partial charge in [-0.1, -0.05) is 23.2 Å². The van der Waals surface area contributed by atoms with Crippen molar-refractivity contribution < 1.29 is 4.57 Å². The highest BCUT2D eigenvalue weighted by Gasteiger charge is 1.94. The van der Waals surface area contributed by atoms with Crippen LogP contribution >= 0.6 is 23.2 Å². The van der Waals surface area contributed by atoms with Crippen molar-refractivity contribution in [1.82, 2.24) is 0 Å². The Morgan fingerprint density at radius 1 is 1.36 bits per heavy atom. The summed E-state index contributed by atoms with van der Waals surface area (Å²) in [6.45, 7) is 0.778. The summed E-state index contributed by atoms with van der Waals surface area (Å²) in [5.74, 6) is 0. The maximum atomic E-state index is 5.69. The van der Waals surface area contributed by atoms with E-state index < -0.39 is 0 Å². The van der Waals surface area contributed by atoms with Crippen LogP contribution in [0.25, 0.3) is 0 Å². The topological polar surface area (TPSA) is 3.88 Å². The van der Waals surface area contributed by atoms with Gasteiger partial charge in [0.15, 0.2) is 18.9 Å². The fourth-order valence-electron chi connectivity index (χ4n) is 0.722. The Bertz CT molecular complexity index is 241. The van der Waals surface area contributed by atoms with Crippen LogP contribution in [0.1, 0.15) is 0 Å². The van der Waals surface area contributed by atoms with Crippen molar-refractivity contribution in [3.63, 3.8) is 0 Å². The quantitative estimate of drug-likeness (QED) is 0.629. The van der Waals surface area contributed by atoms with Gasteiger partial charge in [0.05, 0.1) is 5.02 Å². The fourth-order valence-corrected chi connectivity index (χ4v) is 0.915. The van der Waals surface area contributed by atoms with Crippen LogP contribution in [0.5, 0.6) is 0 Å². The van der Waals surface area contributed by atoms with Gasteiger partial charge in [-0.25, -0.2) is 4.57 Å². The molecular formula is C8H8Cl2N+. The van der Waals surface area contributed by atoms with Crippen molar-refractivity contribution >= 4 is 23.2 Å². The molecule has 0 saturated carbocycles. The third-order valence-corrected chi connectivity index (χ3v) is 1.69. The average molecular weight is 189 g/mol. The summed E-state index contributed by atoms with van der Waals surface area (Å²) in [6.07, 6.45) is 5.66. The predicted molar refractivity (Wildman–Crippen MR) is 46.6 cm³/mol. The molecule has 0 aliphatic rings. The highest BCUT2D eigenvalue weighted by atomic mass is 35.5. The van der Waals surface area contributed by atoms with Crippen molar-refractivity contribution in [1.29, 1.82) is 0 Å². The number of hydrogen-bond donors (Lipinski definition) is 0. The minimum absolute atomic E-state index is 0.746. The van der Waals surface area contributed by atoms with Crippen molar-refractivity contribution in [2.45, 2.75) is 6.54 Å². The molecule has 0 aliphatic heterocycles. The van der Waals surface area contributed by atoms with Gasteiger partial charge in [0.25, 0.3) is 0 Å². The van der Waals surface area contributed by atoms with Crippen LogP contribution in [0, 0.1) is 0 Å². The van der Waals surface area contributed by atoms with Gasteiger partial charge in [0.2, 0.25) is 0 Å². The minimum Gasteiger partial charge on any atom is -0.201 e. The Kier molecular flexibility index (Phi) is 3.40. The van der Waals surface area contributed by atoms with Gasteiger partial charge in [0, 0.05) is 17.7 Å². The van der Waals surface area contributed by atoms with Crippen LogP contribution in [-0.2, 0) is 6.54 Å². The molecule has 1 aromatic rings. The van der Waals surface area contributed by atoms with E-state index in [1.54, 1.807) is 0 Å². The lowest BCUT2D eigenvalue weighted by atomic mass is 10.4. The standard InChI is InChI=1S/C8H8Cl2N/c9-4-1-5-11-6-2-8(10)3-7-11/h1-4,6-7H,5H2/q+1/b4-1+. The van der Waals surface area contributed by atoms with Crippen molar-refractivity contribution in [3.05, 3.63) is 41.2 Å². The van der Waals surface area contributed by atoms with E-state index in [1.807, 2.05) is 35.2 Å². The zero-order valence-corrected chi connectivity index (χ0v) is 7.39. The molecular weight excluding hydrogens is 181 g/mol. The molecule has 0 atom stereocenters. The van der Waals surface area contributed by atoms with E-state index in [9.17, 15) is 0 Å². The number of pyridine rings is 1. The molecule has 1 rings (SSSR count). The lowest BCUT2D eigenvalue weighted by Crippen LogP contribution is -2.31. The summed E-state index contributed by atoms with van der Waals surface area (Å²) in [5, 5.41) is 0.746. The fraction of sp³-hybridized carbons (Fsp3) is 0.125. The maximum absolute atomic E-state index is 5.69. The minimum atomic E-state index is 0.746. The molecule has 11 heavy (non-hydrogen) atoms. The first kappa shape index (κ1) is 8.57. The first-order valence-electron chi connectivity index (χ1n) is 3.23. The molecule has 0 amide bonds. The SMILES string of the molecule is Cl/C=C/C[n+]1ccc(Cl)cc1. The van der Waals surface area contributed by atoms with Crippen LogP contribution in [0.15, 0.2) is 36.1 Å². The summed E-state index contributed by atoms with van der Waals surface area (Å²) >= 11 is 11.1. The van der Waals surface area contributed by atoms with Gasteiger partial charge in [-0.15, -0.1) is 0 Å². The number of hydrogen-bond acceptors (Lipinski definition) is 0. The van der Waals surface area contributed by atoms with Crippen LogP contribution < -0.4 is 4.57 Å². The Morgan fingerprint density at radius 2 is 2.00 bits per heavy atom. The monoisotopic (exact) mass is 188 g/mol. The third kappa shape index (κ3) is 2.91. The first-order valence-corrected chi connectivity index (χ1v) is 4.04. The average Bonchev–Trinajstić information content (AvgIpc) is 2.04. The molecule has 1 aromatic heterocycles. The number of allylic oxidation sites excluding steroid dienone is 1. The molecule has 0 saturated heterocycles. The Morgan fingerprint density at radius 3 is 2.55 bits per heavy atom. The molecule has 0 unspecified atom stereocenters.